The average Bonchev–Trinajstić information content (AvgIpc) is 2.88. The Morgan fingerprint density at radius 2 is 1.39 bits per heavy atom. The van der Waals surface area contributed by atoms with Crippen molar-refractivity contribution >= 4 is 23.8 Å². The van der Waals surface area contributed by atoms with Gasteiger partial charge in [-0.2, -0.15) is 0 Å². The van der Waals surface area contributed by atoms with Gasteiger partial charge in [-0.3, -0.25) is 14.4 Å². The quantitative estimate of drug-likeness (QED) is 0.0740. The monoisotopic (exact) mass is 540 g/mol. The summed E-state index contributed by atoms with van der Waals surface area (Å²) in [7, 11) is 0. The molecule has 2 atom stereocenters. The zero-order chi connectivity index (χ0) is 28.4. The van der Waals surface area contributed by atoms with Crippen LogP contribution in [0.25, 0.3) is 0 Å². The van der Waals surface area contributed by atoms with E-state index in [4.69, 9.17) is 14.9 Å². The molecule has 0 rings (SSSR count). The maximum Gasteiger partial charge on any atom is 0.328 e. The number of carboxylic acid groups (broad SMARTS) is 1. The fourth-order valence-electron chi connectivity index (χ4n) is 3.98. The smallest absolute Gasteiger partial charge is 0.328 e. The Hall–Kier alpha value is -2.42. The van der Waals surface area contributed by atoms with E-state index in [0.29, 0.717) is 12.8 Å². The van der Waals surface area contributed by atoms with Crippen LogP contribution in [-0.4, -0.2) is 59.3 Å². The van der Waals surface area contributed by atoms with Crippen molar-refractivity contribution in [2.24, 2.45) is 0 Å². The number of ether oxygens (including phenoxy) is 1. The molecule has 2 amide bonds. The second kappa shape index (κ2) is 24.9. The molecule has 0 spiro atoms. The minimum Gasteiger partial charge on any atom is -0.480 e. The number of nitrogens with one attached hydrogen (secondary N) is 2. The van der Waals surface area contributed by atoms with Gasteiger partial charge in [0.25, 0.3) is 0 Å². The van der Waals surface area contributed by atoms with E-state index < -0.39 is 24.5 Å². The third-order valence-corrected chi connectivity index (χ3v) is 6.24. The number of carbonyl (C=O) groups is 4. The third kappa shape index (κ3) is 21.6. The van der Waals surface area contributed by atoms with Crippen LogP contribution in [0.3, 0.4) is 0 Å². The summed E-state index contributed by atoms with van der Waals surface area (Å²) in [5.74, 6) is -2.43. The van der Waals surface area contributed by atoms with Crippen LogP contribution in [0.15, 0.2) is 12.2 Å². The molecule has 0 saturated heterocycles. The molecule has 0 radical (unpaired) electrons. The Morgan fingerprint density at radius 3 is 2.05 bits per heavy atom. The third-order valence-electron chi connectivity index (χ3n) is 6.24. The molecule has 0 aromatic rings. The maximum absolute atomic E-state index is 12.3. The number of carboxylic acids is 1. The summed E-state index contributed by atoms with van der Waals surface area (Å²) in [6.45, 7) is 3.22. The lowest BCUT2D eigenvalue weighted by Gasteiger charge is -2.17. The SMILES string of the molecule is CCCC/C=C\CCCCCCCC(=O)OC(CCC)CCCCCC(=O)NCC(=O)NC(CO)C(=O)O. The lowest BCUT2D eigenvalue weighted by atomic mass is 10.1. The first-order valence-electron chi connectivity index (χ1n) is 14.6. The minimum atomic E-state index is -1.39. The van der Waals surface area contributed by atoms with E-state index >= 15 is 0 Å². The van der Waals surface area contributed by atoms with Crippen molar-refractivity contribution < 1.29 is 34.1 Å². The van der Waals surface area contributed by atoms with Crippen molar-refractivity contribution in [2.45, 2.75) is 135 Å². The topological polar surface area (TPSA) is 142 Å². The normalized spacial score (nSPS) is 12.7. The summed E-state index contributed by atoms with van der Waals surface area (Å²) in [5, 5.41) is 22.3. The van der Waals surface area contributed by atoms with Crippen molar-refractivity contribution in [3.8, 4) is 0 Å². The lowest BCUT2D eigenvalue weighted by molar-refractivity contribution is -0.150. The standard InChI is InChI=1S/C29H52N2O7/c1-3-5-6-7-8-9-10-11-12-13-17-21-28(35)38-24(18-4-2)19-15-14-16-20-26(33)30-22-27(34)31-25(23-32)29(36)37/h7-8,24-25,32H,3-6,9-23H2,1-2H3,(H,30,33)(H,31,34)(H,36,37)/b8-7-. The van der Waals surface area contributed by atoms with Crippen LogP contribution in [0, 0.1) is 0 Å². The molecule has 0 aromatic heterocycles. The van der Waals surface area contributed by atoms with Crippen LogP contribution in [0.2, 0.25) is 0 Å². The van der Waals surface area contributed by atoms with Crippen LogP contribution in [0.4, 0.5) is 0 Å². The predicted molar refractivity (Wildman–Crippen MR) is 149 cm³/mol. The highest BCUT2D eigenvalue weighted by molar-refractivity contribution is 5.87. The molecule has 0 aliphatic carbocycles. The molecule has 4 N–H and O–H groups in total. The summed E-state index contributed by atoms with van der Waals surface area (Å²) < 4.78 is 5.70. The van der Waals surface area contributed by atoms with Gasteiger partial charge in [-0.25, -0.2) is 4.79 Å². The minimum absolute atomic E-state index is 0.0850. The van der Waals surface area contributed by atoms with Crippen molar-refractivity contribution in [1.82, 2.24) is 10.6 Å². The van der Waals surface area contributed by atoms with Crippen LogP contribution in [0.5, 0.6) is 0 Å². The van der Waals surface area contributed by atoms with Crippen molar-refractivity contribution in [1.29, 1.82) is 0 Å². The van der Waals surface area contributed by atoms with Crippen molar-refractivity contribution in [3.05, 3.63) is 12.2 Å². The number of amides is 2. The molecule has 9 nitrogen and oxygen atoms in total. The van der Waals surface area contributed by atoms with Crippen LogP contribution in [-0.2, 0) is 23.9 Å². The second-order valence-corrected chi connectivity index (χ2v) is 9.84. The molecule has 0 aromatic carbocycles. The number of unbranched alkanes of at least 4 members (excludes halogenated alkanes) is 9. The molecule has 0 aliphatic heterocycles. The number of hydrogen-bond acceptors (Lipinski definition) is 6. The molecular formula is C29H52N2O7. The Bertz CT molecular complexity index is 682. The van der Waals surface area contributed by atoms with Gasteiger partial charge in [0.05, 0.1) is 13.2 Å². The first-order valence-corrected chi connectivity index (χ1v) is 14.6. The predicted octanol–water partition coefficient (Wildman–Crippen LogP) is 4.80. The van der Waals surface area contributed by atoms with Crippen LogP contribution >= 0.6 is 0 Å². The number of aliphatic carboxylic acids is 1. The van der Waals surface area contributed by atoms with Crippen molar-refractivity contribution in [2.75, 3.05) is 13.2 Å². The molecule has 0 fully saturated rings. The van der Waals surface area contributed by atoms with Gasteiger partial charge in [0.15, 0.2) is 0 Å². The Balaban J connectivity index is 3.90. The fourth-order valence-corrected chi connectivity index (χ4v) is 3.98. The molecule has 38 heavy (non-hydrogen) atoms. The van der Waals surface area contributed by atoms with E-state index in [-0.39, 0.29) is 30.9 Å². The first kappa shape index (κ1) is 35.6. The largest absolute Gasteiger partial charge is 0.480 e. The summed E-state index contributed by atoms with van der Waals surface area (Å²) in [4.78, 5) is 46.6. The summed E-state index contributed by atoms with van der Waals surface area (Å²) >= 11 is 0. The molecule has 0 saturated carbocycles. The maximum atomic E-state index is 12.3. The van der Waals surface area contributed by atoms with Crippen molar-refractivity contribution in [3.63, 3.8) is 0 Å². The molecule has 0 aliphatic rings. The highest BCUT2D eigenvalue weighted by atomic mass is 16.5. The molecular weight excluding hydrogens is 488 g/mol. The average molecular weight is 541 g/mol. The summed E-state index contributed by atoms with van der Waals surface area (Å²) in [5.41, 5.74) is 0. The van der Waals surface area contributed by atoms with E-state index in [1.165, 1.54) is 32.1 Å². The van der Waals surface area contributed by atoms with Gasteiger partial charge in [0.2, 0.25) is 11.8 Å². The van der Waals surface area contributed by atoms with E-state index in [1.807, 2.05) is 0 Å². The summed E-state index contributed by atoms with van der Waals surface area (Å²) in [6, 6.07) is -1.39. The van der Waals surface area contributed by atoms with Gasteiger partial charge in [0, 0.05) is 12.8 Å². The second-order valence-electron chi connectivity index (χ2n) is 9.84. The van der Waals surface area contributed by atoms with Gasteiger partial charge < -0.3 is 25.6 Å². The Morgan fingerprint density at radius 1 is 0.763 bits per heavy atom. The number of rotatable bonds is 25. The number of carbonyl (C=O) groups excluding carboxylic acids is 3. The summed E-state index contributed by atoms with van der Waals surface area (Å²) in [6.07, 6.45) is 20.4. The highest BCUT2D eigenvalue weighted by Crippen LogP contribution is 2.15. The number of aliphatic hydroxyl groups excluding tert-OH is 1. The van der Waals surface area contributed by atoms with E-state index in [9.17, 15) is 19.2 Å². The van der Waals surface area contributed by atoms with E-state index in [0.717, 1.165) is 57.8 Å². The molecule has 220 valence electrons. The molecule has 9 heteroatoms. The van der Waals surface area contributed by atoms with Gasteiger partial charge in [-0.15, -0.1) is 0 Å². The van der Waals surface area contributed by atoms with Gasteiger partial charge >= 0.3 is 11.9 Å². The van der Waals surface area contributed by atoms with Gasteiger partial charge in [0.1, 0.15) is 12.1 Å². The Labute approximate surface area is 229 Å². The number of esters is 1. The highest BCUT2D eigenvalue weighted by Gasteiger charge is 2.19. The zero-order valence-corrected chi connectivity index (χ0v) is 23.7. The van der Waals surface area contributed by atoms with Gasteiger partial charge in [-0.1, -0.05) is 70.9 Å². The number of hydrogen-bond donors (Lipinski definition) is 4. The number of aliphatic hydroxyl groups is 1. The lowest BCUT2D eigenvalue weighted by Crippen LogP contribution is -2.47. The Kier molecular flexibility index (Phi) is 23.3. The number of allylic oxidation sites excluding steroid dienone is 2. The molecule has 2 unspecified atom stereocenters. The van der Waals surface area contributed by atoms with Crippen LogP contribution < -0.4 is 10.6 Å². The van der Waals surface area contributed by atoms with E-state index in [1.54, 1.807) is 0 Å². The van der Waals surface area contributed by atoms with Crippen LogP contribution in [0.1, 0.15) is 123 Å². The molecule has 0 heterocycles. The van der Waals surface area contributed by atoms with E-state index in [2.05, 4.69) is 36.6 Å². The fraction of sp³-hybridized carbons (Fsp3) is 0.793. The van der Waals surface area contributed by atoms with Gasteiger partial charge in [-0.05, 0) is 51.4 Å². The molecule has 0 bridgehead atoms. The first-order chi connectivity index (χ1) is 18.3. The zero-order valence-electron chi connectivity index (χ0n) is 23.7.